The lowest BCUT2D eigenvalue weighted by molar-refractivity contribution is 0.283. The van der Waals surface area contributed by atoms with Crippen LogP contribution < -0.4 is 4.90 Å². The third kappa shape index (κ3) is 5.21. The van der Waals surface area contributed by atoms with Crippen LogP contribution in [0.5, 0.6) is 0 Å². The van der Waals surface area contributed by atoms with E-state index in [0.29, 0.717) is 6.61 Å². The molecule has 0 atom stereocenters. The van der Waals surface area contributed by atoms with Gasteiger partial charge in [-0.2, -0.15) is 0 Å². The van der Waals surface area contributed by atoms with Crippen LogP contribution >= 0.6 is 0 Å². The Morgan fingerprint density at radius 2 is 1.04 bits per heavy atom. The summed E-state index contributed by atoms with van der Waals surface area (Å²) in [6.07, 6.45) is 4.17. The summed E-state index contributed by atoms with van der Waals surface area (Å²) in [6.45, 7) is 4.53. The van der Waals surface area contributed by atoms with Gasteiger partial charge in [0.15, 0.2) is 0 Å². The summed E-state index contributed by atoms with van der Waals surface area (Å²) in [5.74, 6) is 0. The molecule has 0 bridgehead atoms. The van der Waals surface area contributed by atoms with Crippen molar-refractivity contribution in [3.05, 3.63) is 89.5 Å². The van der Waals surface area contributed by atoms with Crippen LogP contribution in [0.15, 0.2) is 72.8 Å². The zero-order valence-electron chi connectivity index (χ0n) is 16.4. The van der Waals surface area contributed by atoms with Gasteiger partial charge in [0, 0.05) is 23.7 Å². The molecule has 0 amide bonds. The highest BCUT2D eigenvalue weighted by Gasteiger charge is 2.12. The molecule has 0 aliphatic rings. The van der Waals surface area contributed by atoms with E-state index in [1.54, 1.807) is 0 Å². The molecule has 0 saturated heterocycles. The average Bonchev–Trinajstić information content (AvgIpc) is 2.69. The Morgan fingerprint density at radius 1 is 0.593 bits per heavy atom. The van der Waals surface area contributed by atoms with Gasteiger partial charge in [0.05, 0.1) is 0 Å². The smallest absolute Gasteiger partial charge is 0.0461 e. The first kappa shape index (κ1) is 19.2. The number of rotatable bonds is 8. The first-order valence-corrected chi connectivity index (χ1v) is 9.80. The monoisotopic (exact) mass is 359 g/mol. The van der Waals surface area contributed by atoms with Crippen LogP contribution in [0.2, 0.25) is 0 Å². The second-order valence-electron chi connectivity index (χ2n) is 7.21. The summed E-state index contributed by atoms with van der Waals surface area (Å²) >= 11 is 0. The van der Waals surface area contributed by atoms with E-state index in [1.165, 1.54) is 33.8 Å². The minimum absolute atomic E-state index is 0.293. The fourth-order valence-corrected chi connectivity index (χ4v) is 3.26. The summed E-state index contributed by atoms with van der Waals surface area (Å²) in [5, 5.41) is 8.91. The minimum atomic E-state index is 0.293. The highest BCUT2D eigenvalue weighted by atomic mass is 16.2. The summed E-state index contributed by atoms with van der Waals surface area (Å²) in [4.78, 5) is 2.30. The van der Waals surface area contributed by atoms with Gasteiger partial charge in [-0.15, -0.1) is 0 Å². The Morgan fingerprint density at radius 3 is 1.48 bits per heavy atom. The van der Waals surface area contributed by atoms with Crippen LogP contribution in [-0.2, 0) is 6.42 Å². The fraction of sp³-hybridized carbons (Fsp3) is 0.280. The maximum absolute atomic E-state index is 8.91. The van der Waals surface area contributed by atoms with E-state index in [9.17, 15) is 0 Å². The molecule has 2 heteroatoms. The molecule has 2 nitrogen and oxygen atoms in total. The average molecular weight is 360 g/mol. The maximum Gasteiger partial charge on any atom is 0.0461 e. The van der Waals surface area contributed by atoms with Gasteiger partial charge < -0.3 is 10.0 Å². The molecule has 0 unspecified atom stereocenters. The number of aliphatic hydroxyl groups excluding tert-OH is 1. The Hall–Kier alpha value is -2.58. The van der Waals surface area contributed by atoms with Crippen molar-refractivity contribution >= 4 is 17.1 Å². The van der Waals surface area contributed by atoms with E-state index in [2.05, 4.69) is 91.5 Å². The number of nitrogens with zero attached hydrogens (tertiary/aromatic N) is 1. The summed E-state index contributed by atoms with van der Waals surface area (Å²) < 4.78 is 0. The molecule has 140 valence electrons. The largest absolute Gasteiger partial charge is 0.396 e. The van der Waals surface area contributed by atoms with E-state index in [4.69, 9.17) is 5.11 Å². The Kier molecular flexibility index (Phi) is 6.67. The number of aliphatic hydroxyl groups is 1. The van der Waals surface area contributed by atoms with Gasteiger partial charge in [0.25, 0.3) is 0 Å². The van der Waals surface area contributed by atoms with Crippen molar-refractivity contribution in [2.75, 3.05) is 11.5 Å². The fourth-order valence-electron chi connectivity index (χ4n) is 3.26. The van der Waals surface area contributed by atoms with Gasteiger partial charge in [-0.3, -0.25) is 0 Å². The van der Waals surface area contributed by atoms with E-state index in [-0.39, 0.29) is 0 Å². The number of aryl methyl sites for hydroxylation is 3. The highest BCUT2D eigenvalue weighted by Crippen LogP contribution is 2.34. The van der Waals surface area contributed by atoms with Crippen LogP contribution in [0.3, 0.4) is 0 Å². The Balaban J connectivity index is 1.86. The Bertz CT molecular complexity index is 774. The quantitative estimate of drug-likeness (QED) is 0.465. The zero-order chi connectivity index (χ0) is 19.1. The summed E-state index contributed by atoms with van der Waals surface area (Å²) in [7, 11) is 0. The van der Waals surface area contributed by atoms with Gasteiger partial charge in [-0.25, -0.2) is 0 Å². The van der Waals surface area contributed by atoms with Gasteiger partial charge in [0.2, 0.25) is 0 Å². The van der Waals surface area contributed by atoms with Crippen molar-refractivity contribution in [3.8, 4) is 0 Å². The second kappa shape index (κ2) is 9.38. The molecular formula is C25H29NO. The third-order valence-corrected chi connectivity index (χ3v) is 4.90. The SMILES string of the molecule is Cc1ccc(N(c2ccc(C)cc2)c2ccc(CCCCCO)cc2)cc1. The molecule has 1 N–H and O–H groups in total. The molecule has 0 aromatic heterocycles. The molecule has 0 aliphatic heterocycles. The standard InChI is InChI=1S/C25H29NO/c1-20-7-13-23(14-8-20)26(24-15-9-21(2)10-16-24)25-17-11-22(12-18-25)6-4-3-5-19-27/h7-18,27H,3-6,19H2,1-2H3. The second-order valence-corrected chi connectivity index (χ2v) is 7.21. The lowest BCUT2D eigenvalue weighted by Crippen LogP contribution is -2.10. The van der Waals surface area contributed by atoms with Gasteiger partial charge >= 0.3 is 0 Å². The van der Waals surface area contributed by atoms with Crippen LogP contribution in [0.4, 0.5) is 17.1 Å². The molecule has 3 rings (SSSR count). The molecule has 0 fully saturated rings. The van der Waals surface area contributed by atoms with Crippen molar-refractivity contribution in [2.24, 2.45) is 0 Å². The molecule has 0 heterocycles. The molecule has 0 radical (unpaired) electrons. The molecule has 0 saturated carbocycles. The van der Waals surface area contributed by atoms with Crippen LogP contribution in [0, 0.1) is 13.8 Å². The first-order chi connectivity index (χ1) is 13.2. The number of anilines is 3. The summed E-state index contributed by atoms with van der Waals surface area (Å²) in [5.41, 5.74) is 7.38. The predicted molar refractivity (Wildman–Crippen MR) is 115 cm³/mol. The van der Waals surface area contributed by atoms with E-state index in [1.807, 2.05) is 0 Å². The number of unbranched alkanes of at least 4 members (excludes halogenated alkanes) is 2. The van der Waals surface area contributed by atoms with Gasteiger partial charge in [-0.05, 0) is 75.1 Å². The zero-order valence-corrected chi connectivity index (χ0v) is 16.4. The van der Waals surface area contributed by atoms with Crippen molar-refractivity contribution < 1.29 is 5.11 Å². The molecule has 0 spiro atoms. The number of hydrogen-bond acceptors (Lipinski definition) is 2. The van der Waals surface area contributed by atoms with Crippen molar-refractivity contribution in [1.82, 2.24) is 0 Å². The van der Waals surface area contributed by atoms with E-state index >= 15 is 0 Å². The van der Waals surface area contributed by atoms with Crippen LogP contribution in [-0.4, -0.2) is 11.7 Å². The van der Waals surface area contributed by atoms with E-state index in [0.717, 1.165) is 25.7 Å². The van der Waals surface area contributed by atoms with Crippen molar-refractivity contribution in [1.29, 1.82) is 0 Å². The van der Waals surface area contributed by atoms with Gasteiger partial charge in [0.1, 0.15) is 0 Å². The van der Waals surface area contributed by atoms with Crippen LogP contribution in [0.1, 0.15) is 36.0 Å². The highest BCUT2D eigenvalue weighted by molar-refractivity contribution is 5.76. The van der Waals surface area contributed by atoms with Gasteiger partial charge in [-0.1, -0.05) is 53.9 Å². The van der Waals surface area contributed by atoms with Crippen molar-refractivity contribution in [2.45, 2.75) is 39.5 Å². The minimum Gasteiger partial charge on any atom is -0.396 e. The maximum atomic E-state index is 8.91. The normalized spacial score (nSPS) is 10.8. The van der Waals surface area contributed by atoms with E-state index < -0.39 is 0 Å². The molecule has 0 aliphatic carbocycles. The molecular weight excluding hydrogens is 330 g/mol. The molecule has 3 aromatic carbocycles. The lowest BCUT2D eigenvalue weighted by atomic mass is 10.1. The summed E-state index contributed by atoms with van der Waals surface area (Å²) in [6, 6.07) is 26.2. The number of hydrogen-bond donors (Lipinski definition) is 1. The predicted octanol–water partition coefficient (Wildman–Crippen LogP) is 6.48. The number of benzene rings is 3. The lowest BCUT2D eigenvalue weighted by Gasteiger charge is -2.26. The Labute approximate surface area is 163 Å². The van der Waals surface area contributed by atoms with Crippen LogP contribution in [0.25, 0.3) is 0 Å². The molecule has 27 heavy (non-hydrogen) atoms. The first-order valence-electron chi connectivity index (χ1n) is 9.80. The topological polar surface area (TPSA) is 23.5 Å². The van der Waals surface area contributed by atoms with Crippen molar-refractivity contribution in [3.63, 3.8) is 0 Å². The molecule has 3 aromatic rings. The third-order valence-electron chi connectivity index (χ3n) is 4.90.